The summed E-state index contributed by atoms with van der Waals surface area (Å²) in [4.78, 5) is 12.6. The standard InChI is InChI=1S/C21H27ClN2O3/c1-13(16-6-8-17(22)9-7-16)24-21(25)15(3)23-14(2)19-12-18(26-4)10-11-20(19)27-5/h6-15,23H,1-5H3,(H,24,25). The highest BCUT2D eigenvalue weighted by Crippen LogP contribution is 2.29. The summed E-state index contributed by atoms with van der Waals surface area (Å²) in [6.07, 6.45) is 0. The molecule has 0 aliphatic rings. The van der Waals surface area contributed by atoms with Crippen molar-refractivity contribution in [3.63, 3.8) is 0 Å². The van der Waals surface area contributed by atoms with Crippen LogP contribution in [0, 0.1) is 0 Å². The summed E-state index contributed by atoms with van der Waals surface area (Å²) in [6.45, 7) is 5.78. The molecule has 2 rings (SSSR count). The molecule has 0 aliphatic carbocycles. The Morgan fingerprint density at radius 2 is 1.63 bits per heavy atom. The third kappa shape index (κ3) is 5.62. The Balaban J connectivity index is 2.02. The molecule has 0 spiro atoms. The Kier molecular flexibility index (Phi) is 7.51. The maximum Gasteiger partial charge on any atom is 0.237 e. The van der Waals surface area contributed by atoms with Crippen molar-refractivity contribution >= 4 is 17.5 Å². The summed E-state index contributed by atoms with van der Waals surface area (Å²) < 4.78 is 10.7. The number of nitrogens with one attached hydrogen (secondary N) is 2. The van der Waals surface area contributed by atoms with Crippen molar-refractivity contribution < 1.29 is 14.3 Å². The van der Waals surface area contributed by atoms with E-state index in [0.717, 1.165) is 22.6 Å². The van der Waals surface area contributed by atoms with Crippen molar-refractivity contribution in [2.75, 3.05) is 14.2 Å². The van der Waals surface area contributed by atoms with Gasteiger partial charge in [-0.1, -0.05) is 23.7 Å². The molecule has 0 radical (unpaired) electrons. The fourth-order valence-electron chi connectivity index (χ4n) is 2.89. The molecule has 0 fully saturated rings. The van der Waals surface area contributed by atoms with Gasteiger partial charge in [0, 0.05) is 16.6 Å². The summed E-state index contributed by atoms with van der Waals surface area (Å²) in [7, 11) is 3.25. The van der Waals surface area contributed by atoms with E-state index in [9.17, 15) is 4.79 Å². The van der Waals surface area contributed by atoms with Crippen LogP contribution in [0.25, 0.3) is 0 Å². The summed E-state index contributed by atoms with van der Waals surface area (Å²) >= 11 is 5.92. The second kappa shape index (κ2) is 9.62. The van der Waals surface area contributed by atoms with Gasteiger partial charge in [0.15, 0.2) is 0 Å². The summed E-state index contributed by atoms with van der Waals surface area (Å²) in [5, 5.41) is 7.02. The monoisotopic (exact) mass is 390 g/mol. The molecule has 1 amide bonds. The highest BCUT2D eigenvalue weighted by molar-refractivity contribution is 6.30. The van der Waals surface area contributed by atoms with Crippen LogP contribution in [0.2, 0.25) is 5.02 Å². The number of amides is 1. The van der Waals surface area contributed by atoms with Crippen molar-refractivity contribution in [3.8, 4) is 11.5 Å². The normalized spacial score (nSPS) is 14.1. The number of rotatable bonds is 8. The topological polar surface area (TPSA) is 59.6 Å². The van der Waals surface area contributed by atoms with Crippen molar-refractivity contribution in [1.29, 1.82) is 0 Å². The van der Waals surface area contributed by atoms with Crippen LogP contribution in [-0.2, 0) is 4.79 Å². The van der Waals surface area contributed by atoms with E-state index in [1.807, 2.05) is 63.2 Å². The average molecular weight is 391 g/mol. The second-order valence-electron chi connectivity index (χ2n) is 6.50. The fraction of sp³-hybridized carbons (Fsp3) is 0.381. The SMILES string of the molecule is COc1ccc(OC)c(C(C)NC(C)C(=O)NC(C)c2ccc(Cl)cc2)c1. The molecule has 2 aromatic carbocycles. The van der Waals surface area contributed by atoms with Crippen molar-refractivity contribution in [3.05, 3.63) is 58.6 Å². The zero-order chi connectivity index (χ0) is 20.0. The van der Waals surface area contributed by atoms with Crippen LogP contribution in [0.1, 0.15) is 44.0 Å². The lowest BCUT2D eigenvalue weighted by Crippen LogP contribution is -2.43. The lowest BCUT2D eigenvalue weighted by Gasteiger charge is -2.23. The highest BCUT2D eigenvalue weighted by Gasteiger charge is 2.20. The Morgan fingerprint density at radius 3 is 2.22 bits per heavy atom. The summed E-state index contributed by atoms with van der Waals surface area (Å²) in [6, 6.07) is 12.5. The van der Waals surface area contributed by atoms with Gasteiger partial charge in [-0.2, -0.15) is 0 Å². The molecule has 2 N–H and O–H groups in total. The molecule has 3 atom stereocenters. The largest absolute Gasteiger partial charge is 0.497 e. The third-order valence-electron chi connectivity index (χ3n) is 4.53. The van der Waals surface area contributed by atoms with Crippen molar-refractivity contribution in [1.82, 2.24) is 10.6 Å². The zero-order valence-electron chi connectivity index (χ0n) is 16.4. The van der Waals surface area contributed by atoms with Crippen molar-refractivity contribution in [2.45, 2.75) is 38.9 Å². The van der Waals surface area contributed by atoms with Gasteiger partial charge < -0.3 is 14.8 Å². The molecular weight excluding hydrogens is 364 g/mol. The predicted molar refractivity (Wildman–Crippen MR) is 109 cm³/mol. The first-order valence-electron chi connectivity index (χ1n) is 8.89. The number of benzene rings is 2. The number of hydrogen-bond acceptors (Lipinski definition) is 4. The number of halogens is 1. The van der Waals surface area contributed by atoms with E-state index < -0.39 is 0 Å². The molecule has 0 saturated carbocycles. The fourth-order valence-corrected chi connectivity index (χ4v) is 3.02. The molecule has 3 unspecified atom stereocenters. The molecule has 6 heteroatoms. The van der Waals surface area contributed by atoms with E-state index in [1.54, 1.807) is 14.2 Å². The summed E-state index contributed by atoms with van der Waals surface area (Å²) in [5.74, 6) is 1.41. The van der Waals surface area contributed by atoms with Gasteiger partial charge in [0.25, 0.3) is 0 Å². The molecule has 5 nitrogen and oxygen atoms in total. The molecule has 0 aromatic heterocycles. The quantitative estimate of drug-likeness (QED) is 0.706. The Bertz CT molecular complexity index is 765. The van der Waals surface area contributed by atoms with Crippen LogP contribution in [0.15, 0.2) is 42.5 Å². The van der Waals surface area contributed by atoms with E-state index in [2.05, 4.69) is 10.6 Å². The first kappa shape index (κ1) is 21.1. The Hall–Kier alpha value is -2.24. The number of carbonyl (C=O) groups is 1. The van der Waals surface area contributed by atoms with Gasteiger partial charge >= 0.3 is 0 Å². The van der Waals surface area contributed by atoms with Gasteiger partial charge in [0.05, 0.1) is 26.3 Å². The zero-order valence-corrected chi connectivity index (χ0v) is 17.1. The van der Waals surface area contributed by atoms with Crippen LogP contribution in [-0.4, -0.2) is 26.2 Å². The minimum absolute atomic E-state index is 0.0776. The van der Waals surface area contributed by atoms with Gasteiger partial charge in [0.1, 0.15) is 11.5 Å². The minimum atomic E-state index is -0.384. The Morgan fingerprint density at radius 1 is 0.963 bits per heavy atom. The van der Waals surface area contributed by atoms with Crippen LogP contribution in [0.5, 0.6) is 11.5 Å². The molecule has 27 heavy (non-hydrogen) atoms. The van der Waals surface area contributed by atoms with Gasteiger partial charge in [-0.3, -0.25) is 10.1 Å². The van der Waals surface area contributed by atoms with Gasteiger partial charge in [-0.25, -0.2) is 0 Å². The molecular formula is C21H27ClN2O3. The lowest BCUT2D eigenvalue weighted by atomic mass is 10.0. The first-order chi connectivity index (χ1) is 12.8. The molecule has 2 aromatic rings. The molecule has 0 bridgehead atoms. The van der Waals surface area contributed by atoms with Crippen LogP contribution < -0.4 is 20.1 Å². The molecule has 0 saturated heterocycles. The van der Waals surface area contributed by atoms with E-state index in [4.69, 9.17) is 21.1 Å². The highest BCUT2D eigenvalue weighted by atomic mass is 35.5. The smallest absolute Gasteiger partial charge is 0.237 e. The average Bonchev–Trinajstić information content (AvgIpc) is 2.67. The van der Waals surface area contributed by atoms with Crippen LogP contribution in [0.4, 0.5) is 0 Å². The first-order valence-corrected chi connectivity index (χ1v) is 9.27. The minimum Gasteiger partial charge on any atom is -0.497 e. The van der Waals surface area contributed by atoms with Gasteiger partial charge in [-0.15, -0.1) is 0 Å². The molecule has 146 valence electrons. The number of carbonyl (C=O) groups excluding carboxylic acids is 1. The maximum atomic E-state index is 12.6. The predicted octanol–water partition coefficient (Wildman–Crippen LogP) is 4.27. The van der Waals surface area contributed by atoms with Crippen LogP contribution in [0.3, 0.4) is 0 Å². The van der Waals surface area contributed by atoms with Crippen LogP contribution >= 0.6 is 11.6 Å². The van der Waals surface area contributed by atoms with E-state index in [0.29, 0.717) is 5.02 Å². The summed E-state index contributed by atoms with van der Waals surface area (Å²) in [5.41, 5.74) is 1.93. The molecule has 0 aliphatic heterocycles. The van der Waals surface area contributed by atoms with E-state index in [-0.39, 0.29) is 24.0 Å². The number of hydrogen-bond donors (Lipinski definition) is 2. The van der Waals surface area contributed by atoms with Crippen molar-refractivity contribution in [2.24, 2.45) is 0 Å². The number of ether oxygens (including phenoxy) is 2. The third-order valence-corrected chi connectivity index (χ3v) is 4.78. The number of methoxy groups -OCH3 is 2. The lowest BCUT2D eigenvalue weighted by molar-refractivity contribution is -0.123. The van der Waals surface area contributed by atoms with E-state index in [1.165, 1.54) is 0 Å². The van der Waals surface area contributed by atoms with E-state index >= 15 is 0 Å². The maximum absolute atomic E-state index is 12.6. The molecule has 0 heterocycles. The van der Waals surface area contributed by atoms with Gasteiger partial charge in [-0.05, 0) is 56.7 Å². The Labute approximate surface area is 166 Å². The van der Waals surface area contributed by atoms with Gasteiger partial charge in [0.2, 0.25) is 5.91 Å². The second-order valence-corrected chi connectivity index (χ2v) is 6.94.